The van der Waals surface area contributed by atoms with Crippen molar-refractivity contribution in [1.82, 2.24) is 4.90 Å². The van der Waals surface area contributed by atoms with Crippen LogP contribution in [0, 0.1) is 6.92 Å². The number of benzene rings is 1. The van der Waals surface area contributed by atoms with Crippen molar-refractivity contribution in [2.75, 3.05) is 7.11 Å². The first-order chi connectivity index (χ1) is 9.52. The van der Waals surface area contributed by atoms with E-state index in [4.69, 9.17) is 4.74 Å². The number of methoxy groups -OCH3 is 1. The Morgan fingerprint density at radius 1 is 1.30 bits per heavy atom. The van der Waals surface area contributed by atoms with E-state index < -0.39 is 0 Å². The Kier molecular flexibility index (Phi) is 4.69. The highest BCUT2D eigenvalue weighted by molar-refractivity contribution is 5.80. The van der Waals surface area contributed by atoms with Crippen LogP contribution in [-0.4, -0.2) is 30.0 Å². The first kappa shape index (κ1) is 14.9. The zero-order valence-corrected chi connectivity index (χ0v) is 13.0. The fourth-order valence-electron chi connectivity index (χ4n) is 3.21. The third-order valence-electron chi connectivity index (χ3n) is 4.26. The zero-order chi connectivity index (χ0) is 14.7. The van der Waals surface area contributed by atoms with Crippen LogP contribution < -0.4 is 4.74 Å². The van der Waals surface area contributed by atoms with Gasteiger partial charge in [-0.1, -0.05) is 17.7 Å². The number of rotatable bonds is 3. The van der Waals surface area contributed by atoms with E-state index in [-0.39, 0.29) is 5.91 Å². The van der Waals surface area contributed by atoms with Crippen LogP contribution in [0.1, 0.15) is 44.2 Å². The lowest BCUT2D eigenvalue weighted by Gasteiger charge is -2.39. The number of hydrogen-bond acceptors (Lipinski definition) is 2. The molecule has 110 valence electrons. The molecule has 0 radical (unpaired) electrons. The van der Waals surface area contributed by atoms with Gasteiger partial charge in [-0.05, 0) is 46.1 Å². The summed E-state index contributed by atoms with van der Waals surface area (Å²) in [5.41, 5.74) is 2.15. The summed E-state index contributed by atoms with van der Waals surface area (Å²) in [5, 5.41) is 0. The average Bonchev–Trinajstić information content (AvgIpc) is 2.38. The molecule has 0 N–H and O–H groups in total. The second kappa shape index (κ2) is 6.29. The number of amides is 1. The zero-order valence-electron chi connectivity index (χ0n) is 13.0. The molecular formula is C17H25NO2. The number of piperidine rings is 1. The van der Waals surface area contributed by atoms with Crippen LogP contribution >= 0.6 is 0 Å². The third-order valence-corrected chi connectivity index (χ3v) is 4.26. The van der Waals surface area contributed by atoms with E-state index in [0.29, 0.717) is 18.5 Å². The largest absolute Gasteiger partial charge is 0.496 e. The molecular weight excluding hydrogens is 250 g/mol. The first-order valence-electron chi connectivity index (χ1n) is 7.47. The fourth-order valence-corrected chi connectivity index (χ4v) is 3.21. The summed E-state index contributed by atoms with van der Waals surface area (Å²) in [6, 6.07) is 6.71. The lowest BCUT2D eigenvalue weighted by atomic mass is 9.96. The van der Waals surface area contributed by atoms with Crippen LogP contribution in [0.15, 0.2) is 18.2 Å². The number of hydrogen-bond donors (Lipinski definition) is 0. The quantitative estimate of drug-likeness (QED) is 0.846. The Morgan fingerprint density at radius 2 is 1.95 bits per heavy atom. The lowest BCUT2D eigenvalue weighted by Crippen LogP contribution is -2.48. The molecule has 1 saturated heterocycles. The van der Waals surface area contributed by atoms with Crippen LogP contribution in [0.4, 0.5) is 0 Å². The van der Waals surface area contributed by atoms with E-state index in [9.17, 15) is 4.79 Å². The normalized spacial score (nSPS) is 22.7. The summed E-state index contributed by atoms with van der Waals surface area (Å²) in [4.78, 5) is 14.7. The molecule has 1 aromatic rings. The fraction of sp³-hybridized carbons (Fsp3) is 0.588. The summed E-state index contributed by atoms with van der Waals surface area (Å²) < 4.78 is 5.37. The van der Waals surface area contributed by atoms with Gasteiger partial charge in [0.25, 0.3) is 0 Å². The van der Waals surface area contributed by atoms with Crippen molar-refractivity contribution < 1.29 is 9.53 Å². The van der Waals surface area contributed by atoms with Gasteiger partial charge in [0, 0.05) is 17.6 Å². The highest BCUT2D eigenvalue weighted by Gasteiger charge is 2.29. The second-order valence-corrected chi connectivity index (χ2v) is 5.92. The molecule has 2 rings (SSSR count). The molecule has 1 aliphatic heterocycles. The van der Waals surface area contributed by atoms with Gasteiger partial charge < -0.3 is 9.64 Å². The van der Waals surface area contributed by atoms with E-state index in [1.807, 2.05) is 19.1 Å². The van der Waals surface area contributed by atoms with Crippen molar-refractivity contribution in [2.45, 2.75) is 58.5 Å². The number of nitrogens with zero attached hydrogens (tertiary/aromatic N) is 1. The van der Waals surface area contributed by atoms with Gasteiger partial charge in [-0.15, -0.1) is 0 Å². The molecule has 2 atom stereocenters. The third kappa shape index (κ3) is 3.14. The maximum atomic E-state index is 12.6. The summed E-state index contributed by atoms with van der Waals surface area (Å²) >= 11 is 0. The maximum Gasteiger partial charge on any atom is 0.227 e. The number of carbonyl (C=O) groups is 1. The molecule has 1 aliphatic rings. The Hall–Kier alpha value is -1.51. The molecule has 2 unspecified atom stereocenters. The molecule has 3 heteroatoms. The van der Waals surface area contributed by atoms with Gasteiger partial charge in [-0.3, -0.25) is 4.79 Å². The minimum atomic E-state index is 0.216. The maximum absolute atomic E-state index is 12.6. The minimum absolute atomic E-state index is 0.216. The molecule has 1 amide bonds. The molecule has 1 fully saturated rings. The molecule has 0 saturated carbocycles. The minimum Gasteiger partial charge on any atom is -0.496 e. The predicted molar refractivity (Wildman–Crippen MR) is 81.1 cm³/mol. The Morgan fingerprint density at radius 3 is 2.55 bits per heavy atom. The number of aryl methyl sites for hydroxylation is 1. The van der Waals surface area contributed by atoms with E-state index in [0.717, 1.165) is 29.7 Å². The number of carbonyl (C=O) groups excluding carboxylic acids is 1. The Labute approximate surface area is 121 Å². The number of likely N-dealkylation sites (tertiary alicyclic amines) is 1. The van der Waals surface area contributed by atoms with Gasteiger partial charge in [0.1, 0.15) is 5.75 Å². The summed E-state index contributed by atoms with van der Waals surface area (Å²) in [6.07, 6.45) is 3.88. The second-order valence-electron chi connectivity index (χ2n) is 5.92. The smallest absolute Gasteiger partial charge is 0.227 e. The van der Waals surface area contributed by atoms with Gasteiger partial charge in [-0.2, -0.15) is 0 Å². The molecule has 0 bridgehead atoms. The summed E-state index contributed by atoms with van der Waals surface area (Å²) in [7, 11) is 1.66. The molecule has 20 heavy (non-hydrogen) atoms. The highest BCUT2D eigenvalue weighted by Crippen LogP contribution is 2.26. The highest BCUT2D eigenvalue weighted by atomic mass is 16.5. The lowest BCUT2D eigenvalue weighted by molar-refractivity contribution is -0.136. The Balaban J connectivity index is 2.16. The van der Waals surface area contributed by atoms with Crippen molar-refractivity contribution in [3.8, 4) is 5.75 Å². The van der Waals surface area contributed by atoms with Crippen molar-refractivity contribution >= 4 is 5.91 Å². The summed E-state index contributed by atoms with van der Waals surface area (Å²) in [6.45, 7) is 6.35. The van der Waals surface area contributed by atoms with Gasteiger partial charge in [0.2, 0.25) is 5.91 Å². The molecule has 1 aromatic carbocycles. The summed E-state index contributed by atoms with van der Waals surface area (Å²) in [5.74, 6) is 1.02. The van der Waals surface area contributed by atoms with Crippen molar-refractivity contribution in [3.05, 3.63) is 29.3 Å². The monoisotopic (exact) mass is 275 g/mol. The SMILES string of the molecule is COc1ccc(C)cc1CC(=O)N1C(C)CCCC1C. The van der Waals surface area contributed by atoms with Crippen molar-refractivity contribution in [3.63, 3.8) is 0 Å². The van der Waals surface area contributed by atoms with Crippen LogP contribution in [-0.2, 0) is 11.2 Å². The van der Waals surface area contributed by atoms with Crippen LogP contribution in [0.3, 0.4) is 0 Å². The van der Waals surface area contributed by atoms with E-state index in [1.54, 1.807) is 7.11 Å². The standard InChI is InChI=1S/C17H25NO2/c1-12-8-9-16(20-4)15(10-12)11-17(19)18-13(2)6-5-7-14(18)3/h8-10,13-14H,5-7,11H2,1-4H3. The van der Waals surface area contributed by atoms with Gasteiger partial charge in [-0.25, -0.2) is 0 Å². The number of ether oxygens (including phenoxy) is 1. The predicted octanol–water partition coefficient (Wildman–Crippen LogP) is 3.34. The molecule has 0 spiro atoms. The van der Waals surface area contributed by atoms with Crippen LogP contribution in [0.5, 0.6) is 5.75 Å². The molecule has 0 aliphatic carbocycles. The molecule has 0 aromatic heterocycles. The van der Waals surface area contributed by atoms with E-state index in [2.05, 4.69) is 24.8 Å². The van der Waals surface area contributed by atoms with Gasteiger partial charge >= 0.3 is 0 Å². The molecule has 3 nitrogen and oxygen atoms in total. The topological polar surface area (TPSA) is 29.5 Å². The average molecular weight is 275 g/mol. The first-order valence-corrected chi connectivity index (χ1v) is 7.47. The van der Waals surface area contributed by atoms with Crippen LogP contribution in [0.2, 0.25) is 0 Å². The van der Waals surface area contributed by atoms with Crippen LogP contribution in [0.25, 0.3) is 0 Å². The van der Waals surface area contributed by atoms with Crippen molar-refractivity contribution in [1.29, 1.82) is 0 Å². The molecule has 1 heterocycles. The Bertz CT molecular complexity index is 474. The van der Waals surface area contributed by atoms with Gasteiger partial charge in [0.05, 0.1) is 13.5 Å². The van der Waals surface area contributed by atoms with Gasteiger partial charge in [0.15, 0.2) is 0 Å². The van der Waals surface area contributed by atoms with Crippen molar-refractivity contribution in [2.24, 2.45) is 0 Å². The van der Waals surface area contributed by atoms with E-state index in [1.165, 1.54) is 6.42 Å². The van der Waals surface area contributed by atoms with E-state index >= 15 is 0 Å².